The molecule has 2 heteroatoms. The number of ether oxygens (including phenoxy) is 2. The summed E-state index contributed by atoms with van der Waals surface area (Å²) in [6.07, 6.45) is 4.05. The van der Waals surface area contributed by atoms with Crippen LogP contribution in [0.2, 0.25) is 0 Å². The highest BCUT2D eigenvalue weighted by Crippen LogP contribution is 2.18. The maximum Gasteiger partial charge on any atom is 0.161 e. The van der Waals surface area contributed by atoms with E-state index in [2.05, 4.69) is 25.5 Å². The van der Waals surface area contributed by atoms with Crippen molar-refractivity contribution in [2.45, 2.75) is 26.1 Å². The van der Waals surface area contributed by atoms with Crippen LogP contribution in [0, 0.1) is 12.3 Å². The van der Waals surface area contributed by atoms with Gasteiger partial charge in [0.15, 0.2) is 6.29 Å². The third-order valence-electron chi connectivity index (χ3n) is 2.85. The van der Waals surface area contributed by atoms with Crippen LogP contribution in [-0.2, 0) is 15.9 Å². The SMILES string of the molecule is C[CH]CC1COC(Cc2ccccc2)OC1. The van der Waals surface area contributed by atoms with Crippen LogP contribution in [0.4, 0.5) is 0 Å². The van der Waals surface area contributed by atoms with Gasteiger partial charge in [-0.05, 0) is 18.4 Å². The molecule has 0 N–H and O–H groups in total. The summed E-state index contributed by atoms with van der Waals surface area (Å²) in [5.41, 5.74) is 1.27. The van der Waals surface area contributed by atoms with Gasteiger partial charge >= 0.3 is 0 Å². The first-order chi connectivity index (χ1) is 7.88. The maximum absolute atomic E-state index is 5.70. The number of hydrogen-bond donors (Lipinski definition) is 0. The Balaban J connectivity index is 1.77. The van der Waals surface area contributed by atoms with Gasteiger partial charge in [0.1, 0.15) is 0 Å². The van der Waals surface area contributed by atoms with Crippen molar-refractivity contribution in [2.24, 2.45) is 5.92 Å². The van der Waals surface area contributed by atoms with Gasteiger partial charge in [-0.1, -0.05) is 37.3 Å². The van der Waals surface area contributed by atoms with Gasteiger partial charge in [-0.15, -0.1) is 0 Å². The lowest BCUT2D eigenvalue weighted by Gasteiger charge is -2.29. The van der Waals surface area contributed by atoms with Gasteiger partial charge in [0.05, 0.1) is 13.2 Å². The first-order valence-corrected chi connectivity index (χ1v) is 5.93. The standard InChI is InChI=1S/C14H19O2/c1-2-6-13-10-15-14(16-11-13)9-12-7-4-3-5-8-12/h2-5,7-8,13-14H,6,9-11H2,1H3. The van der Waals surface area contributed by atoms with Gasteiger partial charge in [0.25, 0.3) is 0 Å². The van der Waals surface area contributed by atoms with Crippen molar-refractivity contribution in [2.75, 3.05) is 13.2 Å². The van der Waals surface area contributed by atoms with Gasteiger partial charge in [-0.3, -0.25) is 0 Å². The molecule has 0 aromatic heterocycles. The average Bonchev–Trinajstić information content (AvgIpc) is 2.33. The van der Waals surface area contributed by atoms with E-state index in [9.17, 15) is 0 Å². The van der Waals surface area contributed by atoms with Crippen LogP contribution >= 0.6 is 0 Å². The number of rotatable bonds is 4. The molecule has 1 heterocycles. The molecule has 0 amide bonds. The van der Waals surface area contributed by atoms with Crippen LogP contribution in [0.5, 0.6) is 0 Å². The summed E-state index contributed by atoms with van der Waals surface area (Å²) in [4.78, 5) is 0. The van der Waals surface area contributed by atoms with Crippen molar-refractivity contribution >= 4 is 0 Å². The highest BCUT2D eigenvalue weighted by atomic mass is 16.7. The Hall–Kier alpha value is -0.860. The van der Waals surface area contributed by atoms with Crippen molar-refractivity contribution in [3.05, 3.63) is 42.3 Å². The Kier molecular flexibility index (Phi) is 4.37. The smallest absolute Gasteiger partial charge is 0.161 e. The topological polar surface area (TPSA) is 18.5 Å². The molecule has 0 spiro atoms. The third-order valence-corrected chi connectivity index (χ3v) is 2.85. The highest BCUT2D eigenvalue weighted by molar-refractivity contribution is 5.15. The first-order valence-electron chi connectivity index (χ1n) is 5.93. The van der Waals surface area contributed by atoms with E-state index >= 15 is 0 Å². The minimum Gasteiger partial charge on any atom is -0.352 e. The summed E-state index contributed by atoms with van der Waals surface area (Å²) >= 11 is 0. The summed E-state index contributed by atoms with van der Waals surface area (Å²) in [7, 11) is 0. The van der Waals surface area contributed by atoms with E-state index < -0.39 is 0 Å². The molecular weight excluding hydrogens is 200 g/mol. The highest BCUT2D eigenvalue weighted by Gasteiger charge is 2.21. The molecule has 1 aromatic rings. The molecule has 0 aliphatic carbocycles. The molecule has 0 unspecified atom stereocenters. The van der Waals surface area contributed by atoms with E-state index in [-0.39, 0.29) is 6.29 Å². The Morgan fingerprint density at radius 3 is 2.50 bits per heavy atom. The predicted molar refractivity (Wildman–Crippen MR) is 63.9 cm³/mol. The van der Waals surface area contributed by atoms with Crippen molar-refractivity contribution in [3.8, 4) is 0 Å². The fraction of sp³-hybridized carbons (Fsp3) is 0.500. The fourth-order valence-corrected chi connectivity index (χ4v) is 1.98. The van der Waals surface area contributed by atoms with E-state index in [0.29, 0.717) is 5.92 Å². The van der Waals surface area contributed by atoms with Crippen LogP contribution < -0.4 is 0 Å². The molecule has 87 valence electrons. The third kappa shape index (κ3) is 3.32. The number of benzene rings is 1. The monoisotopic (exact) mass is 219 g/mol. The second kappa shape index (κ2) is 6.02. The molecular formula is C14H19O2. The van der Waals surface area contributed by atoms with Gasteiger partial charge in [-0.2, -0.15) is 0 Å². The van der Waals surface area contributed by atoms with Crippen molar-refractivity contribution in [1.82, 2.24) is 0 Å². The molecule has 1 saturated heterocycles. The lowest BCUT2D eigenvalue weighted by molar-refractivity contribution is -0.198. The average molecular weight is 219 g/mol. The van der Waals surface area contributed by atoms with Crippen LogP contribution in [0.3, 0.4) is 0 Å². The summed E-state index contributed by atoms with van der Waals surface area (Å²) in [5.74, 6) is 0.539. The zero-order valence-corrected chi connectivity index (χ0v) is 9.76. The second-order valence-electron chi connectivity index (χ2n) is 4.30. The Morgan fingerprint density at radius 2 is 1.88 bits per heavy atom. The molecule has 2 rings (SSSR count). The molecule has 1 fully saturated rings. The normalized spacial score (nSPS) is 25.6. The van der Waals surface area contributed by atoms with Crippen molar-refractivity contribution in [1.29, 1.82) is 0 Å². The minimum absolute atomic E-state index is 0.0597. The first kappa shape index (κ1) is 11.6. The zero-order valence-electron chi connectivity index (χ0n) is 9.76. The van der Waals surface area contributed by atoms with Gasteiger partial charge < -0.3 is 9.47 Å². The van der Waals surface area contributed by atoms with E-state index in [4.69, 9.17) is 9.47 Å². The maximum atomic E-state index is 5.70. The fourth-order valence-electron chi connectivity index (χ4n) is 1.98. The van der Waals surface area contributed by atoms with Gasteiger partial charge in [0, 0.05) is 12.3 Å². The van der Waals surface area contributed by atoms with E-state index in [1.807, 2.05) is 18.2 Å². The van der Waals surface area contributed by atoms with Gasteiger partial charge in [-0.25, -0.2) is 0 Å². The minimum atomic E-state index is -0.0597. The van der Waals surface area contributed by atoms with Crippen molar-refractivity contribution < 1.29 is 9.47 Å². The van der Waals surface area contributed by atoms with E-state index in [0.717, 1.165) is 26.1 Å². The Bertz CT molecular complexity index is 289. The molecule has 1 aliphatic heterocycles. The lowest BCUT2D eigenvalue weighted by atomic mass is 10.1. The van der Waals surface area contributed by atoms with Crippen LogP contribution in [0.25, 0.3) is 0 Å². The summed E-state index contributed by atoms with van der Waals surface area (Å²) in [5, 5.41) is 0. The quantitative estimate of drug-likeness (QED) is 0.775. The molecule has 1 aliphatic rings. The van der Waals surface area contributed by atoms with Crippen LogP contribution in [0.1, 0.15) is 18.9 Å². The predicted octanol–water partition coefficient (Wildman–Crippen LogP) is 2.83. The Labute approximate surface area is 97.6 Å². The zero-order chi connectivity index (χ0) is 11.2. The van der Waals surface area contributed by atoms with Crippen molar-refractivity contribution in [3.63, 3.8) is 0 Å². The summed E-state index contributed by atoms with van der Waals surface area (Å²) in [6.45, 7) is 3.72. The molecule has 16 heavy (non-hydrogen) atoms. The summed E-state index contributed by atoms with van der Waals surface area (Å²) < 4.78 is 11.4. The summed E-state index contributed by atoms with van der Waals surface area (Å²) in [6, 6.07) is 10.3. The van der Waals surface area contributed by atoms with E-state index in [1.165, 1.54) is 5.56 Å². The van der Waals surface area contributed by atoms with Gasteiger partial charge in [0.2, 0.25) is 0 Å². The van der Waals surface area contributed by atoms with Crippen LogP contribution in [0.15, 0.2) is 30.3 Å². The molecule has 0 saturated carbocycles. The van der Waals surface area contributed by atoms with Crippen LogP contribution in [-0.4, -0.2) is 19.5 Å². The Morgan fingerprint density at radius 1 is 1.19 bits per heavy atom. The second-order valence-corrected chi connectivity index (χ2v) is 4.30. The molecule has 2 nitrogen and oxygen atoms in total. The molecule has 0 atom stereocenters. The lowest BCUT2D eigenvalue weighted by Crippen LogP contribution is -2.33. The molecule has 1 aromatic carbocycles. The largest absolute Gasteiger partial charge is 0.352 e. The molecule has 1 radical (unpaired) electrons. The number of hydrogen-bond acceptors (Lipinski definition) is 2. The molecule has 0 bridgehead atoms. The van der Waals surface area contributed by atoms with E-state index in [1.54, 1.807) is 0 Å².